The molecule has 2 aliphatic rings. The van der Waals surface area contributed by atoms with Gasteiger partial charge >= 0.3 is 0 Å². The highest BCUT2D eigenvalue weighted by atomic mass is 16.5. The zero-order valence-electron chi connectivity index (χ0n) is 15.0. The summed E-state index contributed by atoms with van der Waals surface area (Å²) in [7, 11) is 0. The molecule has 0 radical (unpaired) electrons. The number of hydrogen-bond donors (Lipinski definition) is 0. The molecular formula is C21H24N2O2. The summed E-state index contributed by atoms with van der Waals surface area (Å²) in [5, 5.41) is 0. The standard InChI is InChI=1S/C21H24N2O2/c1-13-7-6-10-19(22-13)25-21-14(2)20(16-11-12-16)23(15(3)24)18-9-5-4-8-17(18)21/h4-10,14,16,20-21H,11-12H2,1-3H3. The lowest BCUT2D eigenvalue weighted by Gasteiger charge is -2.45. The van der Waals surface area contributed by atoms with E-state index in [4.69, 9.17) is 4.74 Å². The molecule has 1 aromatic heterocycles. The Kier molecular flexibility index (Phi) is 3.98. The fourth-order valence-electron chi connectivity index (χ4n) is 4.15. The highest BCUT2D eigenvalue weighted by molar-refractivity contribution is 5.94. The molecule has 3 unspecified atom stereocenters. The normalized spacial score (nSPS) is 25.4. The number of aryl methyl sites for hydroxylation is 1. The second-order valence-corrected chi connectivity index (χ2v) is 7.29. The van der Waals surface area contributed by atoms with Gasteiger partial charge in [-0.05, 0) is 37.8 Å². The van der Waals surface area contributed by atoms with Crippen molar-refractivity contribution in [3.8, 4) is 5.88 Å². The highest BCUT2D eigenvalue weighted by Crippen LogP contribution is 2.50. The lowest BCUT2D eigenvalue weighted by molar-refractivity contribution is -0.117. The van der Waals surface area contributed by atoms with Gasteiger partial charge in [0.15, 0.2) is 0 Å². The molecule has 4 nitrogen and oxygen atoms in total. The minimum absolute atomic E-state index is 0.0910. The Balaban J connectivity index is 1.77. The quantitative estimate of drug-likeness (QED) is 0.839. The zero-order chi connectivity index (χ0) is 17.6. The zero-order valence-corrected chi connectivity index (χ0v) is 15.0. The average molecular weight is 336 g/mol. The number of para-hydroxylation sites is 1. The number of ether oxygens (including phenoxy) is 1. The van der Waals surface area contributed by atoms with Crippen molar-refractivity contribution in [3.05, 3.63) is 53.7 Å². The van der Waals surface area contributed by atoms with E-state index >= 15 is 0 Å². The summed E-state index contributed by atoms with van der Waals surface area (Å²) in [6.07, 6.45) is 2.29. The number of benzene rings is 1. The summed E-state index contributed by atoms with van der Waals surface area (Å²) in [6, 6.07) is 14.2. The number of aromatic nitrogens is 1. The van der Waals surface area contributed by atoms with E-state index in [0.717, 1.165) is 16.9 Å². The lowest BCUT2D eigenvalue weighted by atomic mass is 9.81. The Morgan fingerprint density at radius 1 is 1.16 bits per heavy atom. The molecule has 1 fully saturated rings. The summed E-state index contributed by atoms with van der Waals surface area (Å²) < 4.78 is 6.36. The first-order valence-corrected chi connectivity index (χ1v) is 9.05. The Morgan fingerprint density at radius 2 is 1.92 bits per heavy atom. The van der Waals surface area contributed by atoms with Gasteiger partial charge in [-0.2, -0.15) is 0 Å². The van der Waals surface area contributed by atoms with Crippen molar-refractivity contribution >= 4 is 11.6 Å². The fraction of sp³-hybridized carbons (Fsp3) is 0.429. The van der Waals surface area contributed by atoms with Crippen molar-refractivity contribution < 1.29 is 9.53 Å². The molecule has 0 bridgehead atoms. The average Bonchev–Trinajstić information content (AvgIpc) is 3.41. The van der Waals surface area contributed by atoms with Crippen LogP contribution in [-0.4, -0.2) is 16.9 Å². The molecule has 4 heteroatoms. The number of rotatable bonds is 3. The van der Waals surface area contributed by atoms with Crippen LogP contribution in [0.25, 0.3) is 0 Å². The molecule has 2 aromatic rings. The van der Waals surface area contributed by atoms with Gasteiger partial charge in [-0.3, -0.25) is 4.79 Å². The third-order valence-corrected chi connectivity index (χ3v) is 5.37. The van der Waals surface area contributed by atoms with Crippen LogP contribution in [0.4, 0.5) is 5.69 Å². The minimum atomic E-state index is -0.0910. The molecule has 0 saturated heterocycles. The topological polar surface area (TPSA) is 42.4 Å². The predicted molar refractivity (Wildman–Crippen MR) is 97.6 cm³/mol. The molecular weight excluding hydrogens is 312 g/mol. The smallest absolute Gasteiger partial charge is 0.224 e. The number of carbonyl (C=O) groups excluding carboxylic acids is 1. The third kappa shape index (κ3) is 2.90. The maximum absolute atomic E-state index is 12.4. The summed E-state index contributed by atoms with van der Waals surface area (Å²) in [5.74, 6) is 1.55. The van der Waals surface area contributed by atoms with E-state index < -0.39 is 0 Å². The van der Waals surface area contributed by atoms with Gasteiger partial charge in [0.25, 0.3) is 0 Å². The molecule has 3 atom stereocenters. The van der Waals surface area contributed by atoms with E-state index in [1.807, 2.05) is 48.2 Å². The third-order valence-electron chi connectivity index (χ3n) is 5.37. The van der Waals surface area contributed by atoms with Crippen molar-refractivity contribution in [3.63, 3.8) is 0 Å². The van der Waals surface area contributed by atoms with E-state index in [9.17, 15) is 4.79 Å². The lowest BCUT2D eigenvalue weighted by Crippen LogP contribution is -2.50. The molecule has 0 spiro atoms. The van der Waals surface area contributed by atoms with Crippen LogP contribution in [0.2, 0.25) is 0 Å². The number of hydrogen-bond acceptors (Lipinski definition) is 3. The molecule has 1 amide bonds. The van der Waals surface area contributed by atoms with Gasteiger partial charge in [-0.1, -0.05) is 31.2 Å². The molecule has 130 valence electrons. The van der Waals surface area contributed by atoms with Gasteiger partial charge in [0.2, 0.25) is 11.8 Å². The summed E-state index contributed by atoms with van der Waals surface area (Å²) >= 11 is 0. The van der Waals surface area contributed by atoms with Gasteiger partial charge in [0.05, 0.1) is 5.69 Å². The van der Waals surface area contributed by atoms with Crippen LogP contribution in [0.3, 0.4) is 0 Å². The summed E-state index contributed by atoms with van der Waals surface area (Å²) in [4.78, 5) is 18.9. The van der Waals surface area contributed by atoms with E-state index in [2.05, 4.69) is 18.0 Å². The van der Waals surface area contributed by atoms with Crippen molar-refractivity contribution in [2.75, 3.05) is 4.90 Å². The Labute approximate surface area is 148 Å². The van der Waals surface area contributed by atoms with Crippen LogP contribution in [0, 0.1) is 18.8 Å². The summed E-state index contributed by atoms with van der Waals surface area (Å²) in [5.41, 5.74) is 3.01. The first-order chi connectivity index (χ1) is 12.1. The Hall–Kier alpha value is -2.36. The minimum Gasteiger partial charge on any atom is -0.469 e. The van der Waals surface area contributed by atoms with E-state index in [1.54, 1.807) is 6.92 Å². The molecule has 25 heavy (non-hydrogen) atoms. The van der Waals surface area contributed by atoms with Crippen LogP contribution in [-0.2, 0) is 4.79 Å². The highest BCUT2D eigenvalue weighted by Gasteiger charge is 2.48. The molecule has 1 aliphatic heterocycles. The SMILES string of the molecule is CC(=O)N1c2ccccc2C(Oc2cccc(C)n2)C(C)C1C1CC1. The molecule has 1 aromatic carbocycles. The van der Waals surface area contributed by atoms with Crippen molar-refractivity contribution in [1.29, 1.82) is 0 Å². The number of nitrogens with zero attached hydrogens (tertiary/aromatic N) is 2. The van der Waals surface area contributed by atoms with Gasteiger partial charge < -0.3 is 9.64 Å². The molecule has 1 aliphatic carbocycles. The maximum atomic E-state index is 12.4. The number of pyridine rings is 1. The second kappa shape index (κ2) is 6.17. The predicted octanol–water partition coefficient (Wildman–Crippen LogP) is 4.29. The Bertz CT molecular complexity index is 800. The first-order valence-electron chi connectivity index (χ1n) is 9.05. The van der Waals surface area contributed by atoms with Crippen LogP contribution >= 0.6 is 0 Å². The maximum Gasteiger partial charge on any atom is 0.224 e. The van der Waals surface area contributed by atoms with Gasteiger partial charge in [-0.15, -0.1) is 0 Å². The second-order valence-electron chi connectivity index (χ2n) is 7.29. The molecule has 4 rings (SSSR count). The molecule has 0 N–H and O–H groups in total. The number of carbonyl (C=O) groups is 1. The van der Waals surface area contributed by atoms with Gasteiger partial charge in [-0.25, -0.2) is 4.98 Å². The van der Waals surface area contributed by atoms with Crippen molar-refractivity contribution in [2.45, 2.75) is 45.8 Å². The van der Waals surface area contributed by atoms with E-state index in [0.29, 0.717) is 11.8 Å². The first kappa shape index (κ1) is 16.1. The molecule has 1 saturated carbocycles. The number of amides is 1. The largest absolute Gasteiger partial charge is 0.469 e. The summed E-state index contributed by atoms with van der Waals surface area (Å²) in [6.45, 7) is 5.84. The van der Waals surface area contributed by atoms with Crippen molar-refractivity contribution in [1.82, 2.24) is 4.98 Å². The van der Waals surface area contributed by atoms with Crippen LogP contribution in [0.5, 0.6) is 5.88 Å². The number of fused-ring (bicyclic) bond motifs is 1. The monoisotopic (exact) mass is 336 g/mol. The van der Waals surface area contributed by atoms with Crippen LogP contribution in [0.15, 0.2) is 42.5 Å². The van der Waals surface area contributed by atoms with Crippen LogP contribution < -0.4 is 9.64 Å². The molecule has 2 heterocycles. The number of anilines is 1. The van der Waals surface area contributed by atoms with E-state index in [1.165, 1.54) is 12.8 Å². The Morgan fingerprint density at radius 3 is 2.60 bits per heavy atom. The van der Waals surface area contributed by atoms with Gasteiger partial charge in [0.1, 0.15) is 6.10 Å². The van der Waals surface area contributed by atoms with Crippen molar-refractivity contribution in [2.24, 2.45) is 11.8 Å². The van der Waals surface area contributed by atoms with Gasteiger partial charge in [0, 0.05) is 36.2 Å². The fourth-order valence-corrected chi connectivity index (χ4v) is 4.15. The van der Waals surface area contributed by atoms with E-state index in [-0.39, 0.29) is 24.0 Å². The van der Waals surface area contributed by atoms with Crippen LogP contribution in [0.1, 0.15) is 44.1 Å².